The summed E-state index contributed by atoms with van der Waals surface area (Å²) in [4.78, 5) is 13.4. The van der Waals surface area contributed by atoms with Gasteiger partial charge < -0.3 is 10.1 Å². The van der Waals surface area contributed by atoms with Crippen molar-refractivity contribution in [3.8, 4) is 11.4 Å². The number of aryl methyl sites for hydroxylation is 1. The molecule has 3 aromatic heterocycles. The maximum absolute atomic E-state index is 13.4. The van der Waals surface area contributed by atoms with Gasteiger partial charge in [-0.1, -0.05) is 76.6 Å². The van der Waals surface area contributed by atoms with Gasteiger partial charge in [-0.3, -0.25) is 9.72 Å². The molecule has 2 atom stereocenters. The van der Waals surface area contributed by atoms with Crippen LogP contribution < -0.4 is 15.4 Å². The van der Waals surface area contributed by atoms with E-state index in [9.17, 15) is 4.79 Å². The lowest BCUT2D eigenvalue weighted by molar-refractivity contribution is 0.194. The maximum Gasteiger partial charge on any atom is 0.320 e. The second-order valence-corrected chi connectivity index (χ2v) is 12.3. The van der Waals surface area contributed by atoms with Gasteiger partial charge in [-0.25, -0.2) is 9.48 Å². The number of amides is 2. The van der Waals surface area contributed by atoms with Crippen molar-refractivity contribution in [3.63, 3.8) is 0 Å². The Labute approximate surface area is 245 Å². The number of anilines is 1. The molecule has 0 fully saturated rings. The van der Waals surface area contributed by atoms with Crippen LogP contribution in [0.2, 0.25) is 0 Å². The third kappa shape index (κ3) is 5.34. The first-order valence-corrected chi connectivity index (χ1v) is 14.4. The van der Waals surface area contributed by atoms with Crippen LogP contribution >= 0.6 is 0 Å². The van der Waals surface area contributed by atoms with Crippen LogP contribution in [-0.4, -0.2) is 30.4 Å². The van der Waals surface area contributed by atoms with Gasteiger partial charge in [0.2, 0.25) is 0 Å². The average Bonchev–Trinajstić information content (AvgIpc) is 3.65. The lowest BCUT2D eigenvalue weighted by atomic mass is 9.92. The van der Waals surface area contributed by atoms with Crippen LogP contribution in [0.5, 0.6) is 5.75 Å². The van der Waals surface area contributed by atoms with Crippen LogP contribution in [0.1, 0.15) is 87.3 Å². The molecule has 0 spiro atoms. The molecule has 3 heterocycles. The van der Waals surface area contributed by atoms with Crippen molar-refractivity contribution in [2.75, 3.05) is 5.32 Å². The number of benzene rings is 2. The van der Waals surface area contributed by atoms with Crippen molar-refractivity contribution >= 4 is 17.5 Å². The first kappa shape index (κ1) is 27.5. The number of nitrogens with one attached hydrogen (secondary N) is 2. The molecule has 1 aliphatic carbocycles. The van der Waals surface area contributed by atoms with Crippen molar-refractivity contribution in [2.24, 2.45) is 0 Å². The van der Waals surface area contributed by atoms with Crippen LogP contribution in [0.4, 0.5) is 10.6 Å². The Bertz CT molecular complexity index is 1740. The Balaban J connectivity index is 1.22. The minimum atomic E-state index is -0.295. The number of carbonyl (C=O) groups excluding carboxylic acids is 1. The van der Waals surface area contributed by atoms with Crippen molar-refractivity contribution in [2.45, 2.75) is 71.4 Å². The minimum Gasteiger partial charge on any atom is -0.484 e. The van der Waals surface area contributed by atoms with E-state index >= 15 is 0 Å². The van der Waals surface area contributed by atoms with Gasteiger partial charge in [-0.15, -0.1) is 10.2 Å². The molecule has 1 aliphatic rings. The number of hydrogen-bond acceptors (Lipinski definition) is 5. The Morgan fingerprint density at radius 3 is 2.45 bits per heavy atom. The number of hydrogen-bond donors (Lipinski definition) is 2. The summed E-state index contributed by atoms with van der Waals surface area (Å²) in [6.45, 7) is 12.6. The smallest absolute Gasteiger partial charge is 0.320 e. The van der Waals surface area contributed by atoms with Crippen molar-refractivity contribution in [1.82, 2.24) is 29.7 Å². The van der Waals surface area contributed by atoms with Gasteiger partial charge in [-0.05, 0) is 42.3 Å². The Kier molecular flexibility index (Phi) is 6.96. The first-order valence-electron chi connectivity index (χ1n) is 14.4. The molecular formula is C33H37N7O2. The van der Waals surface area contributed by atoms with Crippen molar-refractivity contribution < 1.29 is 9.53 Å². The van der Waals surface area contributed by atoms with E-state index in [2.05, 4.69) is 67.6 Å². The normalized spacial score (nSPS) is 16.5. The fraction of sp³-hybridized carbons (Fsp3) is 0.333. The Hall–Kier alpha value is -4.66. The fourth-order valence-electron chi connectivity index (χ4n) is 5.38. The highest BCUT2D eigenvalue weighted by Gasteiger charge is 2.33. The highest BCUT2D eigenvalue weighted by molar-refractivity contribution is 5.89. The standard InChI is InChI=1S/C33H37N7O2/c1-20(2)31-37-36-29-16-15-23(19-39(29)31)42-27-17-26(24-9-7-8-10-25(24)27)34-32(41)35-30-18-28(33(4,5)6)38-40(30)22-13-11-21(3)12-14-22/h7-16,18-20,26-27H,17H2,1-6H3,(H2,34,35,41)/t26?,27-/m0/s1. The average molecular weight is 564 g/mol. The number of aromatic nitrogens is 5. The van der Waals surface area contributed by atoms with E-state index in [1.165, 1.54) is 0 Å². The summed E-state index contributed by atoms with van der Waals surface area (Å²) < 4.78 is 10.3. The highest BCUT2D eigenvalue weighted by atomic mass is 16.5. The number of urea groups is 1. The third-order valence-corrected chi connectivity index (χ3v) is 7.67. The fourth-order valence-corrected chi connectivity index (χ4v) is 5.38. The quantitative estimate of drug-likeness (QED) is 0.231. The van der Waals surface area contributed by atoms with Crippen LogP contribution in [0.15, 0.2) is 72.9 Å². The van der Waals surface area contributed by atoms with Gasteiger partial charge in [-0.2, -0.15) is 5.10 Å². The molecule has 9 nitrogen and oxygen atoms in total. The SMILES string of the molecule is Cc1ccc(-n2nc(C(C)(C)C)cc2NC(=O)NC2C[C@H](Oc3ccc4nnc(C(C)C)n4c3)c3ccccc32)cc1. The first-order chi connectivity index (χ1) is 20.1. The largest absolute Gasteiger partial charge is 0.484 e. The summed E-state index contributed by atoms with van der Waals surface area (Å²) in [5, 5.41) is 19.7. The molecule has 2 amide bonds. The zero-order valence-electron chi connectivity index (χ0n) is 24.9. The number of nitrogens with zero attached hydrogens (tertiary/aromatic N) is 5. The Morgan fingerprint density at radius 1 is 1.00 bits per heavy atom. The van der Waals surface area contributed by atoms with Crippen LogP contribution in [0.3, 0.4) is 0 Å². The van der Waals surface area contributed by atoms with Gasteiger partial charge in [0.05, 0.1) is 23.6 Å². The molecule has 2 aromatic carbocycles. The molecule has 0 saturated carbocycles. The molecular weight excluding hydrogens is 526 g/mol. The number of pyridine rings is 1. The molecule has 6 rings (SSSR count). The van der Waals surface area contributed by atoms with Crippen LogP contribution in [0, 0.1) is 6.92 Å². The van der Waals surface area contributed by atoms with Crippen molar-refractivity contribution in [3.05, 3.63) is 101 Å². The maximum atomic E-state index is 13.4. The van der Waals surface area contributed by atoms with E-state index in [0.29, 0.717) is 12.2 Å². The van der Waals surface area contributed by atoms with E-state index in [0.717, 1.165) is 45.3 Å². The molecule has 5 aromatic rings. The molecule has 2 N–H and O–H groups in total. The zero-order valence-corrected chi connectivity index (χ0v) is 24.9. The second kappa shape index (κ2) is 10.6. The van der Waals surface area contributed by atoms with Gasteiger partial charge in [0.15, 0.2) is 5.65 Å². The Morgan fingerprint density at radius 2 is 1.74 bits per heavy atom. The van der Waals surface area contributed by atoms with E-state index in [1.807, 2.05) is 72.1 Å². The lowest BCUT2D eigenvalue weighted by Crippen LogP contribution is -2.32. The third-order valence-electron chi connectivity index (χ3n) is 7.67. The number of ether oxygens (including phenoxy) is 1. The molecule has 0 aliphatic heterocycles. The molecule has 0 radical (unpaired) electrons. The number of carbonyl (C=O) groups is 1. The summed E-state index contributed by atoms with van der Waals surface area (Å²) in [5.41, 5.74) is 5.66. The predicted molar refractivity (Wildman–Crippen MR) is 163 cm³/mol. The van der Waals surface area contributed by atoms with Crippen LogP contribution in [0.25, 0.3) is 11.3 Å². The second-order valence-electron chi connectivity index (χ2n) is 12.3. The lowest BCUT2D eigenvalue weighted by Gasteiger charge is -2.17. The number of fused-ring (bicyclic) bond motifs is 2. The molecule has 42 heavy (non-hydrogen) atoms. The summed E-state index contributed by atoms with van der Waals surface area (Å²) in [6, 6.07) is 21.5. The molecule has 0 saturated heterocycles. The van der Waals surface area contributed by atoms with E-state index in [4.69, 9.17) is 9.84 Å². The summed E-state index contributed by atoms with van der Waals surface area (Å²) in [6.07, 6.45) is 2.34. The highest BCUT2D eigenvalue weighted by Crippen LogP contribution is 2.41. The topological polar surface area (TPSA) is 98.4 Å². The molecule has 9 heteroatoms. The van der Waals surface area contributed by atoms with Crippen molar-refractivity contribution in [1.29, 1.82) is 0 Å². The minimum absolute atomic E-state index is 0.177. The number of rotatable bonds is 6. The van der Waals surface area contributed by atoms with Gasteiger partial charge in [0, 0.05) is 23.8 Å². The molecule has 216 valence electrons. The predicted octanol–water partition coefficient (Wildman–Crippen LogP) is 7.03. The van der Waals surface area contributed by atoms with E-state index in [-0.39, 0.29) is 29.5 Å². The van der Waals surface area contributed by atoms with Crippen LogP contribution in [-0.2, 0) is 5.41 Å². The molecule has 1 unspecified atom stereocenters. The zero-order chi connectivity index (χ0) is 29.6. The summed E-state index contributed by atoms with van der Waals surface area (Å²) in [7, 11) is 0. The van der Waals surface area contributed by atoms with Gasteiger partial charge in [0.1, 0.15) is 23.5 Å². The summed E-state index contributed by atoms with van der Waals surface area (Å²) >= 11 is 0. The monoisotopic (exact) mass is 563 g/mol. The van der Waals surface area contributed by atoms with Gasteiger partial charge in [0.25, 0.3) is 0 Å². The van der Waals surface area contributed by atoms with E-state index < -0.39 is 0 Å². The molecule has 0 bridgehead atoms. The summed E-state index contributed by atoms with van der Waals surface area (Å²) in [5.74, 6) is 2.46. The van der Waals surface area contributed by atoms with Gasteiger partial charge >= 0.3 is 6.03 Å². The van der Waals surface area contributed by atoms with E-state index in [1.54, 1.807) is 4.68 Å².